The number of hydrogen-bond donors (Lipinski definition) is 0. The summed E-state index contributed by atoms with van der Waals surface area (Å²) in [4.78, 5) is 25.4. The van der Waals surface area contributed by atoms with E-state index in [0.717, 1.165) is 4.90 Å². The van der Waals surface area contributed by atoms with E-state index in [4.69, 9.17) is 14.2 Å². The third-order valence-electron chi connectivity index (χ3n) is 2.18. The highest BCUT2D eigenvalue weighted by atomic mass is 16.6. The summed E-state index contributed by atoms with van der Waals surface area (Å²) in [6.07, 6.45) is -1.46. The number of rotatable bonds is 4. The van der Waals surface area contributed by atoms with E-state index in [1.807, 2.05) is 6.92 Å². The first-order valence-electron chi connectivity index (χ1n) is 7.20. The van der Waals surface area contributed by atoms with Gasteiger partial charge in [0.15, 0.2) is 0 Å². The molecule has 0 aromatic rings. The summed E-state index contributed by atoms with van der Waals surface area (Å²) in [5.41, 5.74) is -1.38. The van der Waals surface area contributed by atoms with Crippen LogP contribution in [-0.2, 0) is 14.2 Å². The maximum atomic E-state index is 12.2. The quantitative estimate of drug-likeness (QED) is 0.794. The first kappa shape index (κ1) is 19.7. The van der Waals surface area contributed by atoms with E-state index in [9.17, 15) is 9.59 Å². The molecule has 6 heteroatoms. The van der Waals surface area contributed by atoms with Gasteiger partial charge in [0.2, 0.25) is 0 Å². The monoisotopic (exact) mass is 303 g/mol. The van der Waals surface area contributed by atoms with E-state index < -0.39 is 29.4 Å². The van der Waals surface area contributed by atoms with Crippen LogP contribution in [0.4, 0.5) is 9.59 Å². The summed E-state index contributed by atoms with van der Waals surface area (Å²) < 4.78 is 15.8. The lowest BCUT2D eigenvalue weighted by molar-refractivity contribution is -0.0155. The van der Waals surface area contributed by atoms with Gasteiger partial charge >= 0.3 is 12.2 Å². The second kappa shape index (κ2) is 7.64. The molecule has 1 atom stereocenters. The standard InChI is InChI=1S/C15H29NO5/c1-9-19-10-11(2)16(12(17)20-14(3,4)5)13(18)21-15(6,7)8/h11H,9-10H2,1-8H3. The molecular formula is C15H29NO5. The molecule has 0 fully saturated rings. The van der Waals surface area contributed by atoms with Gasteiger partial charge in [-0.05, 0) is 55.4 Å². The van der Waals surface area contributed by atoms with Crippen molar-refractivity contribution >= 4 is 12.2 Å². The largest absolute Gasteiger partial charge is 0.443 e. The van der Waals surface area contributed by atoms with E-state index in [1.54, 1.807) is 48.5 Å². The van der Waals surface area contributed by atoms with E-state index in [-0.39, 0.29) is 6.61 Å². The van der Waals surface area contributed by atoms with Gasteiger partial charge in [0.05, 0.1) is 12.6 Å². The number of nitrogens with zero attached hydrogens (tertiary/aromatic N) is 1. The Bertz CT molecular complexity index is 326. The summed E-state index contributed by atoms with van der Waals surface area (Å²) >= 11 is 0. The number of carbonyl (C=O) groups is 2. The summed E-state index contributed by atoms with van der Waals surface area (Å²) in [5.74, 6) is 0. The van der Waals surface area contributed by atoms with E-state index in [1.165, 1.54) is 0 Å². The lowest BCUT2D eigenvalue weighted by Crippen LogP contribution is -2.49. The third-order valence-corrected chi connectivity index (χ3v) is 2.18. The van der Waals surface area contributed by atoms with Gasteiger partial charge in [0, 0.05) is 6.61 Å². The maximum Gasteiger partial charge on any atom is 0.420 e. The average molecular weight is 303 g/mol. The van der Waals surface area contributed by atoms with Crippen LogP contribution in [0.2, 0.25) is 0 Å². The normalized spacial score (nSPS) is 13.5. The Balaban J connectivity index is 5.08. The third kappa shape index (κ3) is 8.55. The summed E-state index contributed by atoms with van der Waals surface area (Å²) in [5, 5.41) is 0. The predicted octanol–water partition coefficient (Wildman–Crippen LogP) is 3.58. The number of hydrogen-bond acceptors (Lipinski definition) is 5. The van der Waals surface area contributed by atoms with Crippen LogP contribution in [0, 0.1) is 0 Å². The highest BCUT2D eigenvalue weighted by Crippen LogP contribution is 2.16. The molecular weight excluding hydrogens is 274 g/mol. The molecule has 0 saturated heterocycles. The van der Waals surface area contributed by atoms with Gasteiger partial charge in [-0.25, -0.2) is 14.5 Å². The first-order valence-corrected chi connectivity index (χ1v) is 7.20. The fourth-order valence-corrected chi connectivity index (χ4v) is 1.42. The van der Waals surface area contributed by atoms with Crippen LogP contribution in [0.1, 0.15) is 55.4 Å². The molecule has 0 bridgehead atoms. The predicted molar refractivity (Wildman–Crippen MR) is 80.3 cm³/mol. The lowest BCUT2D eigenvalue weighted by atomic mass is 10.2. The summed E-state index contributed by atoms with van der Waals surface area (Å²) in [7, 11) is 0. The smallest absolute Gasteiger partial charge is 0.420 e. The number of imide groups is 1. The van der Waals surface area contributed by atoms with Gasteiger partial charge < -0.3 is 14.2 Å². The molecule has 1 unspecified atom stereocenters. The molecule has 0 N–H and O–H groups in total. The first-order chi connectivity index (χ1) is 9.37. The molecule has 0 aliphatic carbocycles. The molecule has 0 radical (unpaired) electrons. The minimum Gasteiger partial charge on any atom is -0.443 e. The van der Waals surface area contributed by atoms with Crippen molar-refractivity contribution in [3.63, 3.8) is 0 Å². The van der Waals surface area contributed by atoms with Crippen LogP contribution >= 0.6 is 0 Å². The molecule has 124 valence electrons. The van der Waals surface area contributed by atoms with Gasteiger partial charge in [-0.2, -0.15) is 0 Å². The Morgan fingerprint density at radius 1 is 0.952 bits per heavy atom. The van der Waals surface area contributed by atoms with Gasteiger partial charge in [-0.1, -0.05) is 0 Å². The van der Waals surface area contributed by atoms with Gasteiger partial charge in [0.25, 0.3) is 0 Å². The summed E-state index contributed by atoms with van der Waals surface area (Å²) in [6, 6.07) is -0.477. The zero-order chi connectivity index (χ0) is 16.8. The van der Waals surface area contributed by atoms with Crippen molar-refractivity contribution in [1.82, 2.24) is 4.90 Å². The van der Waals surface area contributed by atoms with Crippen molar-refractivity contribution in [2.24, 2.45) is 0 Å². The number of amides is 2. The molecule has 0 heterocycles. The maximum absolute atomic E-state index is 12.2. The van der Waals surface area contributed by atoms with Gasteiger partial charge in [-0.15, -0.1) is 0 Å². The second-order valence-electron chi connectivity index (χ2n) is 6.84. The second-order valence-corrected chi connectivity index (χ2v) is 6.84. The van der Waals surface area contributed by atoms with Gasteiger partial charge in [0.1, 0.15) is 11.2 Å². The van der Waals surface area contributed by atoms with Crippen LogP contribution in [0.3, 0.4) is 0 Å². The van der Waals surface area contributed by atoms with E-state index >= 15 is 0 Å². The molecule has 6 nitrogen and oxygen atoms in total. The van der Waals surface area contributed by atoms with Crippen LogP contribution in [0.25, 0.3) is 0 Å². The molecule has 0 rings (SSSR count). The molecule has 0 aromatic carbocycles. The molecule has 0 saturated carbocycles. The van der Waals surface area contributed by atoms with Crippen LogP contribution in [0.15, 0.2) is 0 Å². The number of carbonyl (C=O) groups excluding carboxylic acids is 2. The summed E-state index contributed by atoms with van der Waals surface area (Å²) in [6.45, 7) is 14.7. The minimum absolute atomic E-state index is 0.231. The fourth-order valence-electron chi connectivity index (χ4n) is 1.42. The average Bonchev–Trinajstić information content (AvgIpc) is 2.21. The van der Waals surface area contributed by atoms with Crippen molar-refractivity contribution in [2.45, 2.75) is 72.6 Å². The van der Waals surface area contributed by atoms with Crippen molar-refractivity contribution < 1.29 is 23.8 Å². The van der Waals surface area contributed by atoms with E-state index in [0.29, 0.717) is 6.61 Å². The SMILES string of the molecule is CCOCC(C)N(C(=O)OC(C)(C)C)C(=O)OC(C)(C)C. The number of ether oxygens (including phenoxy) is 3. The zero-order valence-electron chi connectivity index (χ0n) is 14.5. The van der Waals surface area contributed by atoms with Crippen molar-refractivity contribution in [3.8, 4) is 0 Å². The van der Waals surface area contributed by atoms with Crippen molar-refractivity contribution in [1.29, 1.82) is 0 Å². The lowest BCUT2D eigenvalue weighted by Gasteiger charge is -2.31. The minimum atomic E-state index is -0.732. The Hall–Kier alpha value is -1.30. The molecule has 0 aliphatic rings. The van der Waals surface area contributed by atoms with E-state index in [2.05, 4.69) is 0 Å². The van der Waals surface area contributed by atoms with Gasteiger partial charge in [-0.3, -0.25) is 0 Å². The molecule has 0 aromatic heterocycles. The Morgan fingerprint density at radius 2 is 1.33 bits per heavy atom. The van der Waals surface area contributed by atoms with Crippen molar-refractivity contribution in [2.75, 3.05) is 13.2 Å². The zero-order valence-corrected chi connectivity index (χ0v) is 14.5. The molecule has 0 aliphatic heterocycles. The fraction of sp³-hybridized carbons (Fsp3) is 0.867. The Labute approximate surface area is 127 Å². The van der Waals surface area contributed by atoms with Crippen LogP contribution < -0.4 is 0 Å². The van der Waals surface area contributed by atoms with Crippen molar-refractivity contribution in [3.05, 3.63) is 0 Å². The topological polar surface area (TPSA) is 65.1 Å². The highest BCUT2D eigenvalue weighted by Gasteiger charge is 2.34. The van der Waals surface area contributed by atoms with Crippen LogP contribution in [-0.4, -0.2) is 47.5 Å². The molecule has 2 amide bonds. The Morgan fingerprint density at radius 3 is 1.62 bits per heavy atom. The highest BCUT2D eigenvalue weighted by molar-refractivity contribution is 5.88. The molecule has 21 heavy (non-hydrogen) atoms. The molecule has 0 spiro atoms. The Kier molecular flexibility index (Phi) is 7.16. The van der Waals surface area contributed by atoms with Crippen LogP contribution in [0.5, 0.6) is 0 Å².